The number of ether oxygens (including phenoxy) is 1. The van der Waals surface area contributed by atoms with Gasteiger partial charge in [0, 0.05) is 30.8 Å². The highest BCUT2D eigenvalue weighted by atomic mass is 32.2. The summed E-state index contributed by atoms with van der Waals surface area (Å²) < 4.78 is 31.3. The molecule has 9 heteroatoms. The molecule has 0 spiro atoms. The van der Waals surface area contributed by atoms with Gasteiger partial charge in [-0.3, -0.25) is 4.79 Å². The molecule has 5 rings (SSSR count). The number of ketones is 1. The highest BCUT2D eigenvalue weighted by Crippen LogP contribution is 2.37. The Hall–Kier alpha value is -3.20. The van der Waals surface area contributed by atoms with Crippen LogP contribution in [0.15, 0.2) is 42.5 Å². The Morgan fingerprint density at radius 1 is 1.08 bits per heavy atom. The number of amides is 1. The van der Waals surface area contributed by atoms with Crippen molar-refractivity contribution in [3.05, 3.63) is 65.0 Å². The van der Waals surface area contributed by atoms with Crippen molar-refractivity contribution in [1.82, 2.24) is 14.5 Å². The van der Waals surface area contributed by atoms with Crippen molar-refractivity contribution in [3.63, 3.8) is 0 Å². The molecule has 1 aromatic heterocycles. The number of imidazole rings is 1. The molecule has 38 heavy (non-hydrogen) atoms. The van der Waals surface area contributed by atoms with E-state index >= 15 is 0 Å². The van der Waals surface area contributed by atoms with Crippen molar-refractivity contribution in [2.75, 3.05) is 25.7 Å². The number of carbonyl (C=O) groups excluding carboxylic acids is 2. The maximum absolute atomic E-state index is 13.4. The lowest BCUT2D eigenvalue weighted by molar-refractivity contribution is -0.118. The molecule has 1 fully saturated rings. The van der Waals surface area contributed by atoms with E-state index in [1.54, 1.807) is 4.90 Å². The molecule has 1 saturated carbocycles. The number of sulfone groups is 1. The zero-order valence-electron chi connectivity index (χ0n) is 22.1. The van der Waals surface area contributed by atoms with Crippen molar-refractivity contribution in [2.24, 2.45) is 0 Å². The van der Waals surface area contributed by atoms with Gasteiger partial charge >= 0.3 is 6.09 Å². The topological polar surface area (TPSA) is 98.6 Å². The highest BCUT2D eigenvalue weighted by Gasteiger charge is 2.31. The van der Waals surface area contributed by atoms with Gasteiger partial charge in [-0.05, 0) is 36.5 Å². The number of aromatic nitrogens is 2. The SMILES string of the molecule is COC(=O)N1CCc2ccc3c(nc(C4CCCCC4)n3C[C@@H](C(=O)CS(C)(=O)=O)c3ccccc3)c2C1. The number of fused-ring (bicyclic) bond motifs is 3. The number of hydrogen-bond acceptors (Lipinski definition) is 6. The van der Waals surface area contributed by atoms with Crippen molar-refractivity contribution < 1.29 is 22.7 Å². The van der Waals surface area contributed by atoms with Gasteiger partial charge in [-0.25, -0.2) is 18.2 Å². The van der Waals surface area contributed by atoms with Gasteiger partial charge in [-0.2, -0.15) is 0 Å². The molecular weight excluding hydrogens is 502 g/mol. The first-order valence-electron chi connectivity index (χ1n) is 13.3. The quantitative estimate of drug-likeness (QED) is 0.437. The molecular formula is C29H35N3O5S. The Morgan fingerprint density at radius 2 is 1.82 bits per heavy atom. The van der Waals surface area contributed by atoms with Crippen LogP contribution in [0.3, 0.4) is 0 Å². The van der Waals surface area contributed by atoms with E-state index in [4.69, 9.17) is 9.72 Å². The van der Waals surface area contributed by atoms with Gasteiger partial charge in [0.1, 0.15) is 11.6 Å². The summed E-state index contributed by atoms with van der Waals surface area (Å²) in [6, 6.07) is 13.6. The minimum absolute atomic E-state index is 0.272. The van der Waals surface area contributed by atoms with Crippen molar-refractivity contribution in [3.8, 4) is 0 Å². The molecule has 0 saturated heterocycles. The maximum atomic E-state index is 13.4. The van der Waals surface area contributed by atoms with Gasteiger partial charge < -0.3 is 14.2 Å². The number of methoxy groups -OCH3 is 1. The van der Waals surface area contributed by atoms with Crippen LogP contribution < -0.4 is 0 Å². The number of hydrogen-bond donors (Lipinski definition) is 0. The van der Waals surface area contributed by atoms with E-state index in [1.165, 1.54) is 19.1 Å². The number of Topliss-reactive ketones (excluding diaryl/α,β-unsaturated/α-hetero) is 1. The van der Waals surface area contributed by atoms with E-state index in [9.17, 15) is 18.0 Å². The number of benzene rings is 2. The van der Waals surface area contributed by atoms with Gasteiger partial charge in [-0.15, -0.1) is 0 Å². The monoisotopic (exact) mass is 537 g/mol. The zero-order chi connectivity index (χ0) is 26.9. The van der Waals surface area contributed by atoms with Crippen molar-refractivity contribution in [1.29, 1.82) is 0 Å². The fourth-order valence-electron chi connectivity index (χ4n) is 6.01. The summed E-state index contributed by atoms with van der Waals surface area (Å²) >= 11 is 0. The molecule has 0 unspecified atom stereocenters. The summed E-state index contributed by atoms with van der Waals surface area (Å²) in [5.74, 6) is -0.204. The number of carbonyl (C=O) groups is 2. The van der Waals surface area contributed by atoms with E-state index in [1.807, 2.05) is 30.3 Å². The molecule has 1 aliphatic heterocycles. The largest absolute Gasteiger partial charge is 0.453 e. The third-order valence-electron chi connectivity index (χ3n) is 7.92. The third-order valence-corrected chi connectivity index (χ3v) is 8.72. The molecule has 1 amide bonds. The molecule has 0 N–H and O–H groups in total. The Morgan fingerprint density at radius 3 is 2.50 bits per heavy atom. The first-order valence-corrected chi connectivity index (χ1v) is 15.4. The van der Waals surface area contributed by atoms with Crippen LogP contribution in [0.4, 0.5) is 4.79 Å². The molecule has 2 heterocycles. The molecule has 8 nitrogen and oxygen atoms in total. The van der Waals surface area contributed by atoms with Crippen LogP contribution >= 0.6 is 0 Å². The van der Waals surface area contributed by atoms with Crippen LogP contribution in [-0.4, -0.2) is 60.4 Å². The minimum atomic E-state index is -3.48. The second-order valence-electron chi connectivity index (χ2n) is 10.6. The molecule has 2 aliphatic rings. The maximum Gasteiger partial charge on any atom is 0.409 e. The fraction of sp³-hybridized carbons (Fsp3) is 0.483. The van der Waals surface area contributed by atoms with Gasteiger partial charge in [0.25, 0.3) is 0 Å². The van der Waals surface area contributed by atoms with Gasteiger partial charge in [0.2, 0.25) is 0 Å². The summed E-state index contributed by atoms with van der Waals surface area (Å²) in [5.41, 5.74) is 4.77. The molecule has 1 atom stereocenters. The van der Waals surface area contributed by atoms with Crippen LogP contribution in [0.1, 0.15) is 66.5 Å². The van der Waals surface area contributed by atoms with Crippen LogP contribution in [-0.2, 0) is 38.9 Å². The summed E-state index contributed by atoms with van der Waals surface area (Å²) in [7, 11) is -2.09. The second-order valence-corrected chi connectivity index (χ2v) is 12.8. The molecule has 0 bridgehead atoms. The normalized spacial score (nSPS) is 17.3. The lowest BCUT2D eigenvalue weighted by Gasteiger charge is -2.27. The smallest absolute Gasteiger partial charge is 0.409 e. The van der Waals surface area contributed by atoms with E-state index in [0.717, 1.165) is 66.3 Å². The number of nitrogens with zero attached hydrogens (tertiary/aromatic N) is 3. The first kappa shape index (κ1) is 26.4. The van der Waals surface area contributed by atoms with E-state index in [-0.39, 0.29) is 17.8 Å². The molecule has 1 aliphatic carbocycles. The van der Waals surface area contributed by atoms with Gasteiger partial charge in [-0.1, -0.05) is 55.7 Å². The Balaban J connectivity index is 1.63. The summed E-state index contributed by atoms with van der Waals surface area (Å²) in [4.78, 5) is 32.6. The summed E-state index contributed by atoms with van der Waals surface area (Å²) in [6.07, 6.45) is 7.03. The predicted octanol–water partition coefficient (Wildman–Crippen LogP) is 4.61. The molecule has 3 aromatic rings. The molecule has 202 valence electrons. The second kappa shape index (κ2) is 10.9. The van der Waals surface area contributed by atoms with Crippen LogP contribution in [0.5, 0.6) is 0 Å². The highest BCUT2D eigenvalue weighted by molar-refractivity contribution is 7.91. The van der Waals surface area contributed by atoms with E-state index in [2.05, 4.69) is 16.7 Å². The molecule has 2 aromatic carbocycles. The van der Waals surface area contributed by atoms with Crippen molar-refractivity contribution >= 4 is 32.7 Å². The average Bonchev–Trinajstić information content (AvgIpc) is 3.29. The number of rotatable bonds is 7. The zero-order valence-corrected chi connectivity index (χ0v) is 22.9. The molecule has 0 radical (unpaired) electrons. The first-order chi connectivity index (χ1) is 18.2. The van der Waals surface area contributed by atoms with Crippen LogP contribution in [0, 0.1) is 0 Å². The fourth-order valence-corrected chi connectivity index (χ4v) is 6.73. The Bertz CT molecular complexity index is 1440. The van der Waals surface area contributed by atoms with Crippen LogP contribution in [0.25, 0.3) is 11.0 Å². The minimum Gasteiger partial charge on any atom is -0.453 e. The van der Waals surface area contributed by atoms with Crippen LogP contribution in [0.2, 0.25) is 0 Å². The van der Waals surface area contributed by atoms with Gasteiger partial charge in [0.15, 0.2) is 15.6 Å². The van der Waals surface area contributed by atoms with E-state index in [0.29, 0.717) is 19.6 Å². The Labute approximate surface area is 223 Å². The summed E-state index contributed by atoms with van der Waals surface area (Å²) in [6.45, 7) is 1.34. The summed E-state index contributed by atoms with van der Waals surface area (Å²) in [5, 5.41) is 0. The third kappa shape index (κ3) is 5.48. The lowest BCUT2D eigenvalue weighted by atomic mass is 9.88. The Kier molecular flexibility index (Phi) is 7.56. The standard InChI is InChI=1S/C29H35N3O5S/c1-37-29(34)31-16-15-21-13-14-25-27(24(21)17-31)30-28(22-11-7-4-8-12-22)32(25)18-23(20-9-5-3-6-10-20)26(33)19-38(2,35)36/h3,5-6,9-10,13-14,22-23H,4,7-8,11-12,15-19H2,1-2H3/t23-/m1/s1. The van der Waals surface area contributed by atoms with Gasteiger partial charge in [0.05, 0.1) is 30.6 Å². The van der Waals surface area contributed by atoms with Crippen molar-refractivity contribution in [2.45, 2.75) is 63.5 Å². The predicted molar refractivity (Wildman–Crippen MR) is 146 cm³/mol. The average molecular weight is 538 g/mol. The lowest BCUT2D eigenvalue weighted by Crippen LogP contribution is -2.35. The van der Waals surface area contributed by atoms with E-state index < -0.39 is 21.5 Å².